The summed E-state index contributed by atoms with van der Waals surface area (Å²) in [5.74, 6) is -0.305. The van der Waals surface area contributed by atoms with Gasteiger partial charge in [0, 0.05) is 10.9 Å². The minimum atomic E-state index is -4.73. The second-order valence-electron chi connectivity index (χ2n) is 3.75. The van der Waals surface area contributed by atoms with Crippen molar-refractivity contribution in [3.63, 3.8) is 0 Å². The van der Waals surface area contributed by atoms with Crippen LogP contribution in [0.15, 0.2) is 34.7 Å². The molecule has 0 atom stereocenters. The highest BCUT2D eigenvalue weighted by atomic mass is 32.1. The van der Waals surface area contributed by atoms with E-state index in [1.54, 1.807) is 6.07 Å². The first-order valence-corrected chi connectivity index (χ1v) is 6.38. The van der Waals surface area contributed by atoms with Gasteiger partial charge in [-0.05, 0) is 19.1 Å². The molecule has 8 heteroatoms. The smallest absolute Gasteiger partial charge is 0.405 e. The van der Waals surface area contributed by atoms with Crippen LogP contribution < -0.4 is 10.2 Å². The number of halogens is 3. The Kier molecular flexibility index (Phi) is 4.23. The van der Waals surface area contributed by atoms with Crippen LogP contribution in [0.25, 0.3) is 0 Å². The van der Waals surface area contributed by atoms with E-state index in [2.05, 4.69) is 20.2 Å². The molecule has 2 rings (SSSR count). The third-order valence-electron chi connectivity index (χ3n) is 2.13. The van der Waals surface area contributed by atoms with Crippen LogP contribution in [0, 0.1) is 6.92 Å². The van der Waals surface area contributed by atoms with Crippen LogP contribution >= 0.6 is 11.3 Å². The second-order valence-corrected chi connectivity index (χ2v) is 4.61. The summed E-state index contributed by atoms with van der Waals surface area (Å²) in [6, 6.07) is 5.75. The van der Waals surface area contributed by atoms with E-state index in [1.165, 1.54) is 35.8 Å². The molecule has 0 saturated heterocycles. The number of thiazole rings is 1. The molecule has 106 valence electrons. The molecule has 2 aromatic rings. The van der Waals surface area contributed by atoms with Crippen LogP contribution in [0.5, 0.6) is 5.75 Å². The molecule has 0 aliphatic carbocycles. The summed E-state index contributed by atoms with van der Waals surface area (Å²) in [6.07, 6.45) is -3.48. The first kappa shape index (κ1) is 14.3. The molecule has 1 N–H and O–H groups in total. The van der Waals surface area contributed by atoms with Gasteiger partial charge >= 0.3 is 6.36 Å². The molecule has 0 radical (unpaired) electrons. The van der Waals surface area contributed by atoms with Gasteiger partial charge in [-0.3, -0.25) is 5.43 Å². The first-order valence-electron chi connectivity index (χ1n) is 5.50. The van der Waals surface area contributed by atoms with Crippen LogP contribution in [-0.2, 0) is 0 Å². The van der Waals surface area contributed by atoms with Crippen molar-refractivity contribution in [1.29, 1.82) is 0 Å². The molecule has 0 aliphatic heterocycles. The average molecular weight is 301 g/mol. The predicted molar refractivity (Wildman–Crippen MR) is 71.2 cm³/mol. The monoisotopic (exact) mass is 301 g/mol. The van der Waals surface area contributed by atoms with Gasteiger partial charge < -0.3 is 4.74 Å². The van der Waals surface area contributed by atoms with Gasteiger partial charge in [0.25, 0.3) is 0 Å². The molecule has 0 fully saturated rings. The summed E-state index contributed by atoms with van der Waals surface area (Å²) < 4.78 is 40.6. The topological polar surface area (TPSA) is 46.5 Å². The summed E-state index contributed by atoms with van der Waals surface area (Å²) in [4.78, 5) is 4.11. The fraction of sp³-hybridized carbons (Fsp3) is 0.167. The van der Waals surface area contributed by atoms with Crippen molar-refractivity contribution in [3.05, 3.63) is 40.9 Å². The number of nitrogens with zero attached hydrogens (tertiary/aromatic N) is 2. The Morgan fingerprint density at radius 1 is 1.35 bits per heavy atom. The summed E-state index contributed by atoms with van der Waals surface area (Å²) in [5.41, 5.74) is 3.70. The molecule has 1 heterocycles. The maximum Gasteiger partial charge on any atom is 0.573 e. The van der Waals surface area contributed by atoms with Gasteiger partial charge in [-0.25, -0.2) is 4.98 Å². The lowest BCUT2D eigenvalue weighted by Gasteiger charge is -2.10. The van der Waals surface area contributed by atoms with Gasteiger partial charge in [0.15, 0.2) is 0 Å². The fourth-order valence-corrected chi connectivity index (χ4v) is 2.00. The number of hydrazone groups is 1. The minimum absolute atomic E-state index is 0.214. The molecule has 0 spiro atoms. The predicted octanol–water partition coefficient (Wildman–Crippen LogP) is 3.80. The van der Waals surface area contributed by atoms with Crippen molar-refractivity contribution in [3.8, 4) is 5.75 Å². The lowest BCUT2D eigenvalue weighted by Crippen LogP contribution is -2.18. The maximum atomic E-state index is 12.2. The molecule has 0 aliphatic rings. The quantitative estimate of drug-likeness (QED) is 0.690. The Morgan fingerprint density at radius 3 is 2.75 bits per heavy atom. The van der Waals surface area contributed by atoms with Crippen molar-refractivity contribution >= 4 is 22.7 Å². The van der Waals surface area contributed by atoms with Crippen molar-refractivity contribution in [2.75, 3.05) is 5.43 Å². The number of benzene rings is 1. The number of ether oxygens (including phenoxy) is 1. The van der Waals surface area contributed by atoms with Crippen molar-refractivity contribution in [2.24, 2.45) is 5.10 Å². The van der Waals surface area contributed by atoms with E-state index in [1.807, 2.05) is 12.3 Å². The van der Waals surface area contributed by atoms with Gasteiger partial charge in [0.1, 0.15) is 5.75 Å². The molecule has 20 heavy (non-hydrogen) atoms. The summed E-state index contributed by atoms with van der Waals surface area (Å²) >= 11 is 1.35. The Hall–Kier alpha value is -2.09. The lowest BCUT2D eigenvalue weighted by molar-refractivity contribution is -0.274. The number of aryl methyl sites for hydroxylation is 1. The molecule has 1 aromatic carbocycles. The molecule has 4 nitrogen and oxygen atoms in total. The van der Waals surface area contributed by atoms with Crippen molar-refractivity contribution in [2.45, 2.75) is 13.3 Å². The molecule has 0 amide bonds. The normalized spacial score (nSPS) is 11.8. The maximum absolute atomic E-state index is 12.2. The van der Waals surface area contributed by atoms with Crippen LogP contribution in [0.2, 0.25) is 0 Å². The van der Waals surface area contributed by atoms with Gasteiger partial charge in [-0.2, -0.15) is 5.10 Å². The van der Waals surface area contributed by atoms with Crippen molar-refractivity contribution < 1.29 is 17.9 Å². The fourth-order valence-electron chi connectivity index (χ4n) is 1.37. The molecule has 0 bridgehead atoms. The number of anilines is 1. The van der Waals surface area contributed by atoms with E-state index in [4.69, 9.17) is 0 Å². The second kappa shape index (κ2) is 5.91. The Labute approximate surface area is 116 Å². The Bertz CT molecular complexity index is 610. The third kappa shape index (κ3) is 4.23. The number of para-hydroxylation sites is 1. The number of hydrogen-bond donors (Lipinski definition) is 1. The van der Waals surface area contributed by atoms with Gasteiger partial charge in [-0.15, -0.1) is 24.5 Å². The summed E-state index contributed by atoms with van der Waals surface area (Å²) in [7, 11) is 0. The van der Waals surface area contributed by atoms with Gasteiger partial charge in [0.2, 0.25) is 5.13 Å². The molecule has 1 aromatic heterocycles. The number of aromatic nitrogens is 1. The molecule has 0 unspecified atom stereocenters. The lowest BCUT2D eigenvalue weighted by atomic mass is 10.2. The largest absolute Gasteiger partial charge is 0.573 e. The number of nitrogens with one attached hydrogen (secondary N) is 1. The van der Waals surface area contributed by atoms with E-state index in [-0.39, 0.29) is 11.3 Å². The molecular weight excluding hydrogens is 291 g/mol. The molecule has 0 saturated carbocycles. The van der Waals surface area contributed by atoms with Crippen LogP contribution in [0.3, 0.4) is 0 Å². The van der Waals surface area contributed by atoms with Gasteiger partial charge in [0.05, 0.1) is 11.9 Å². The van der Waals surface area contributed by atoms with Crippen molar-refractivity contribution in [1.82, 2.24) is 4.98 Å². The average Bonchev–Trinajstić information content (AvgIpc) is 2.75. The highest BCUT2D eigenvalue weighted by Crippen LogP contribution is 2.25. The van der Waals surface area contributed by atoms with Gasteiger partial charge in [-0.1, -0.05) is 12.1 Å². The first-order chi connectivity index (χ1) is 9.44. The highest BCUT2D eigenvalue weighted by Gasteiger charge is 2.31. The zero-order valence-corrected chi connectivity index (χ0v) is 11.1. The Morgan fingerprint density at radius 2 is 2.10 bits per heavy atom. The SMILES string of the molecule is Cc1csc(NN=Cc2ccccc2OC(F)(F)F)n1. The zero-order chi connectivity index (χ0) is 14.6. The number of hydrogen-bond acceptors (Lipinski definition) is 5. The zero-order valence-electron chi connectivity index (χ0n) is 10.3. The number of rotatable bonds is 4. The summed E-state index contributed by atoms with van der Waals surface area (Å²) in [6.45, 7) is 1.83. The molecular formula is C12H10F3N3OS. The number of alkyl halides is 3. The van der Waals surface area contributed by atoms with E-state index in [0.717, 1.165) is 5.69 Å². The van der Waals surface area contributed by atoms with Crippen LogP contribution in [0.4, 0.5) is 18.3 Å². The third-order valence-corrected chi connectivity index (χ3v) is 2.99. The highest BCUT2D eigenvalue weighted by molar-refractivity contribution is 7.13. The van der Waals surface area contributed by atoms with Crippen LogP contribution in [0.1, 0.15) is 11.3 Å². The van der Waals surface area contributed by atoms with E-state index >= 15 is 0 Å². The van der Waals surface area contributed by atoms with E-state index in [0.29, 0.717) is 5.13 Å². The standard InChI is InChI=1S/C12H10F3N3OS/c1-8-7-20-11(17-8)18-16-6-9-4-2-3-5-10(9)19-12(13,14)15/h2-7H,1H3,(H,17,18). The van der Waals surface area contributed by atoms with E-state index in [9.17, 15) is 13.2 Å². The Balaban J connectivity index is 2.08. The minimum Gasteiger partial charge on any atom is -0.405 e. The summed E-state index contributed by atoms with van der Waals surface area (Å²) in [5, 5.41) is 6.24. The van der Waals surface area contributed by atoms with Crippen LogP contribution in [-0.4, -0.2) is 17.6 Å². The van der Waals surface area contributed by atoms with E-state index < -0.39 is 6.36 Å².